The van der Waals surface area contributed by atoms with Crippen LogP contribution in [-0.2, 0) is 23.2 Å². The van der Waals surface area contributed by atoms with E-state index in [-0.39, 0.29) is 23.8 Å². The molecular weight excluding hydrogens is 378 g/mol. The van der Waals surface area contributed by atoms with E-state index in [1.54, 1.807) is 6.07 Å². The van der Waals surface area contributed by atoms with Gasteiger partial charge < -0.3 is 9.84 Å². The van der Waals surface area contributed by atoms with E-state index in [4.69, 9.17) is 9.84 Å². The molecule has 2 N–H and O–H groups in total. The van der Waals surface area contributed by atoms with Crippen molar-refractivity contribution in [2.24, 2.45) is 0 Å². The lowest BCUT2D eigenvalue weighted by atomic mass is 10.2. The molecule has 0 saturated heterocycles. The fourth-order valence-corrected chi connectivity index (χ4v) is 4.43. The van der Waals surface area contributed by atoms with Crippen molar-refractivity contribution in [3.05, 3.63) is 44.6 Å². The number of aliphatic hydroxyl groups excluding tert-OH is 1. The highest BCUT2D eigenvalue weighted by atomic mass is 79.9. The summed E-state index contributed by atoms with van der Waals surface area (Å²) in [7, 11) is -2.31. The Hall–Kier alpha value is -0.930. The molecule has 0 fully saturated rings. The number of ether oxygens (including phenoxy) is 1. The molecule has 5 nitrogen and oxygen atoms in total. The number of halogens is 1. The molecule has 0 saturated carbocycles. The maximum atomic E-state index is 12.4. The van der Waals surface area contributed by atoms with E-state index in [2.05, 4.69) is 20.7 Å². The molecule has 0 atom stereocenters. The van der Waals surface area contributed by atoms with Gasteiger partial charge in [-0.2, -0.15) is 0 Å². The van der Waals surface area contributed by atoms with Gasteiger partial charge in [0.25, 0.3) is 0 Å². The summed E-state index contributed by atoms with van der Waals surface area (Å²) in [5.74, 6) is 0.243. The summed E-state index contributed by atoms with van der Waals surface area (Å²) in [5.41, 5.74) is 0.509. The van der Waals surface area contributed by atoms with E-state index in [0.29, 0.717) is 5.56 Å². The van der Waals surface area contributed by atoms with Gasteiger partial charge in [-0.1, -0.05) is 6.07 Å². The number of sulfonamides is 1. The first-order chi connectivity index (χ1) is 9.96. The minimum Gasteiger partial charge on any atom is -0.495 e. The zero-order valence-electron chi connectivity index (χ0n) is 11.2. The van der Waals surface area contributed by atoms with Gasteiger partial charge in [-0.15, -0.1) is 11.3 Å². The van der Waals surface area contributed by atoms with Gasteiger partial charge in [0.1, 0.15) is 10.6 Å². The summed E-state index contributed by atoms with van der Waals surface area (Å²) in [5, 5.41) is 11.0. The van der Waals surface area contributed by atoms with Crippen LogP contribution < -0.4 is 9.46 Å². The minimum absolute atomic E-state index is 0.0205. The standard InChI is InChI=1S/C13H14BrNO4S2/c1-19-12-3-2-9(7-16)4-13(12)21(17,18)15-6-11-5-10(14)8-20-11/h2-5,8,15-16H,6-7H2,1H3. The number of rotatable bonds is 6. The Bertz CT molecular complexity index is 728. The Morgan fingerprint density at radius 2 is 2.14 bits per heavy atom. The largest absolute Gasteiger partial charge is 0.495 e. The smallest absolute Gasteiger partial charge is 0.244 e. The fourth-order valence-electron chi connectivity index (χ4n) is 1.72. The molecule has 0 aliphatic carbocycles. The Morgan fingerprint density at radius 3 is 2.71 bits per heavy atom. The van der Waals surface area contributed by atoms with Crippen LogP contribution in [0.5, 0.6) is 5.75 Å². The van der Waals surface area contributed by atoms with Gasteiger partial charge in [0.2, 0.25) is 10.0 Å². The number of aliphatic hydroxyl groups is 1. The van der Waals surface area contributed by atoms with Crippen molar-refractivity contribution in [2.75, 3.05) is 7.11 Å². The minimum atomic E-state index is -3.72. The van der Waals surface area contributed by atoms with Crippen LogP contribution in [0.4, 0.5) is 0 Å². The summed E-state index contributed by atoms with van der Waals surface area (Å²) in [6, 6.07) is 6.41. The molecule has 8 heteroatoms. The Morgan fingerprint density at radius 1 is 1.38 bits per heavy atom. The van der Waals surface area contributed by atoms with E-state index in [0.717, 1.165) is 9.35 Å². The third kappa shape index (κ3) is 4.04. The van der Waals surface area contributed by atoms with Crippen LogP contribution in [0.3, 0.4) is 0 Å². The number of hydrogen-bond donors (Lipinski definition) is 2. The molecule has 21 heavy (non-hydrogen) atoms. The van der Waals surface area contributed by atoms with Crippen LogP contribution >= 0.6 is 27.3 Å². The van der Waals surface area contributed by atoms with Crippen LogP contribution in [0, 0.1) is 0 Å². The molecule has 2 aromatic rings. The first-order valence-electron chi connectivity index (χ1n) is 5.96. The highest BCUT2D eigenvalue weighted by Crippen LogP contribution is 2.26. The number of thiophene rings is 1. The number of methoxy groups -OCH3 is 1. The van der Waals surface area contributed by atoms with Gasteiger partial charge in [0, 0.05) is 21.3 Å². The second kappa shape index (κ2) is 6.89. The van der Waals surface area contributed by atoms with Crippen LogP contribution in [0.15, 0.2) is 39.0 Å². The number of hydrogen-bond acceptors (Lipinski definition) is 5. The molecule has 0 spiro atoms. The van der Waals surface area contributed by atoms with Gasteiger partial charge >= 0.3 is 0 Å². The SMILES string of the molecule is COc1ccc(CO)cc1S(=O)(=O)NCc1cc(Br)cs1. The summed E-state index contributed by atoms with van der Waals surface area (Å²) in [6.45, 7) is -0.0322. The third-order valence-corrected chi connectivity index (χ3v) is 5.88. The van der Waals surface area contributed by atoms with E-state index >= 15 is 0 Å². The zero-order valence-corrected chi connectivity index (χ0v) is 14.4. The van der Waals surface area contributed by atoms with Gasteiger partial charge in [0.05, 0.1) is 13.7 Å². The molecule has 0 unspecified atom stereocenters. The molecule has 114 valence electrons. The van der Waals surface area contributed by atoms with Gasteiger partial charge in [-0.25, -0.2) is 13.1 Å². The van der Waals surface area contributed by atoms with E-state index in [1.165, 1.54) is 30.6 Å². The van der Waals surface area contributed by atoms with Crippen LogP contribution in [0.25, 0.3) is 0 Å². The molecular formula is C13H14BrNO4S2. The lowest BCUT2D eigenvalue weighted by molar-refractivity contribution is 0.281. The third-order valence-electron chi connectivity index (χ3n) is 2.76. The second-order valence-electron chi connectivity index (χ2n) is 4.20. The van der Waals surface area contributed by atoms with Crippen molar-refractivity contribution < 1.29 is 18.3 Å². The highest BCUT2D eigenvalue weighted by molar-refractivity contribution is 9.10. The molecule has 1 heterocycles. The first kappa shape index (κ1) is 16.4. The summed E-state index contributed by atoms with van der Waals surface area (Å²) >= 11 is 4.78. The Labute approximate surface area is 135 Å². The summed E-state index contributed by atoms with van der Waals surface area (Å²) < 4.78 is 33.3. The summed E-state index contributed by atoms with van der Waals surface area (Å²) in [4.78, 5) is 0.912. The lowest BCUT2D eigenvalue weighted by Crippen LogP contribution is -2.23. The van der Waals surface area contributed by atoms with Crippen LogP contribution in [0.1, 0.15) is 10.4 Å². The average Bonchev–Trinajstić information content (AvgIpc) is 2.90. The van der Waals surface area contributed by atoms with E-state index in [1.807, 2.05) is 11.4 Å². The van der Waals surface area contributed by atoms with Gasteiger partial charge in [-0.05, 0) is 39.7 Å². The van der Waals surface area contributed by atoms with Gasteiger partial charge in [-0.3, -0.25) is 0 Å². The Balaban J connectivity index is 2.26. The van der Waals surface area contributed by atoms with Crippen LogP contribution in [0.2, 0.25) is 0 Å². The maximum absolute atomic E-state index is 12.4. The molecule has 0 bridgehead atoms. The molecule has 0 aliphatic rings. The fraction of sp³-hybridized carbons (Fsp3) is 0.231. The lowest BCUT2D eigenvalue weighted by Gasteiger charge is -2.11. The van der Waals surface area contributed by atoms with Crippen molar-refractivity contribution in [1.82, 2.24) is 4.72 Å². The van der Waals surface area contributed by atoms with E-state index in [9.17, 15) is 8.42 Å². The second-order valence-corrected chi connectivity index (χ2v) is 7.85. The van der Waals surface area contributed by atoms with Crippen molar-refractivity contribution >= 4 is 37.3 Å². The van der Waals surface area contributed by atoms with Crippen molar-refractivity contribution in [3.63, 3.8) is 0 Å². The van der Waals surface area contributed by atoms with Crippen molar-refractivity contribution in [2.45, 2.75) is 18.0 Å². The predicted molar refractivity (Wildman–Crippen MR) is 85.0 cm³/mol. The molecule has 1 aromatic heterocycles. The van der Waals surface area contributed by atoms with Crippen molar-refractivity contribution in [3.8, 4) is 5.75 Å². The molecule has 0 aliphatic heterocycles. The quantitative estimate of drug-likeness (QED) is 0.792. The Kier molecular flexibility index (Phi) is 5.39. The van der Waals surface area contributed by atoms with Crippen LogP contribution in [-0.4, -0.2) is 20.6 Å². The number of nitrogens with one attached hydrogen (secondary N) is 1. The monoisotopic (exact) mass is 391 g/mol. The molecule has 2 rings (SSSR count). The van der Waals surface area contributed by atoms with E-state index < -0.39 is 10.0 Å². The van der Waals surface area contributed by atoms with Gasteiger partial charge in [0.15, 0.2) is 0 Å². The first-order valence-corrected chi connectivity index (χ1v) is 9.12. The molecule has 0 radical (unpaired) electrons. The average molecular weight is 392 g/mol. The topological polar surface area (TPSA) is 75.6 Å². The molecule has 0 amide bonds. The number of benzene rings is 1. The normalized spacial score (nSPS) is 11.6. The molecule has 1 aromatic carbocycles. The van der Waals surface area contributed by atoms with Crippen molar-refractivity contribution in [1.29, 1.82) is 0 Å². The predicted octanol–water partition coefficient (Wildman–Crippen LogP) is 2.49. The highest BCUT2D eigenvalue weighted by Gasteiger charge is 2.20. The zero-order chi connectivity index (χ0) is 15.5. The summed E-state index contributed by atoms with van der Waals surface area (Å²) in [6.07, 6.45) is 0. The maximum Gasteiger partial charge on any atom is 0.244 e.